The van der Waals surface area contributed by atoms with Gasteiger partial charge in [0.25, 0.3) is 5.56 Å². The zero-order valence-electron chi connectivity index (χ0n) is 35.7. The summed E-state index contributed by atoms with van der Waals surface area (Å²) in [6.07, 6.45) is 2.98. The van der Waals surface area contributed by atoms with Gasteiger partial charge < -0.3 is 9.15 Å². The Morgan fingerprint density at radius 1 is 0.766 bits per heavy atom. The molecular formula is C53H45BrN6O4. The van der Waals surface area contributed by atoms with Gasteiger partial charge in [0.1, 0.15) is 22.7 Å². The first kappa shape index (κ1) is 42.1. The third-order valence-electron chi connectivity index (χ3n) is 11.9. The molecule has 0 saturated carbocycles. The van der Waals surface area contributed by atoms with Crippen LogP contribution in [-0.4, -0.2) is 42.8 Å². The lowest BCUT2D eigenvalue weighted by Gasteiger charge is -2.36. The minimum atomic E-state index is -0.877. The van der Waals surface area contributed by atoms with Gasteiger partial charge in [-0.25, -0.2) is 14.5 Å². The lowest BCUT2D eigenvalue weighted by molar-refractivity contribution is 0.0600. The molecule has 9 aromatic rings. The van der Waals surface area contributed by atoms with E-state index < -0.39 is 11.5 Å². The number of ether oxygens (including phenoxy) is 1. The highest BCUT2D eigenvalue weighted by Crippen LogP contribution is 2.43. The number of nitrogens with zero attached hydrogens (tertiary/aromatic N) is 6. The summed E-state index contributed by atoms with van der Waals surface area (Å²) in [7, 11) is 1.36. The summed E-state index contributed by atoms with van der Waals surface area (Å²) in [4.78, 5) is 31.3. The predicted molar refractivity (Wildman–Crippen MR) is 252 cm³/mol. The number of halogens is 1. The fourth-order valence-corrected chi connectivity index (χ4v) is 9.20. The summed E-state index contributed by atoms with van der Waals surface area (Å²) in [5, 5.41) is 14.5. The third-order valence-corrected chi connectivity index (χ3v) is 12.6. The van der Waals surface area contributed by atoms with E-state index >= 15 is 0 Å². The molecule has 10 nitrogen and oxygen atoms in total. The molecule has 0 bridgehead atoms. The van der Waals surface area contributed by atoms with Crippen molar-refractivity contribution in [3.63, 3.8) is 0 Å². The summed E-state index contributed by atoms with van der Waals surface area (Å²) in [6, 6.07) is 52.3. The number of unbranched alkanes of at least 4 members (excludes halogenated alkanes) is 1. The number of esters is 1. The lowest BCUT2D eigenvalue weighted by Crippen LogP contribution is -2.39. The molecule has 0 N–H and O–H groups in total. The molecule has 64 heavy (non-hydrogen) atoms. The van der Waals surface area contributed by atoms with E-state index in [0.29, 0.717) is 53.4 Å². The van der Waals surface area contributed by atoms with Gasteiger partial charge in [-0.2, -0.15) is 0 Å². The molecule has 3 aromatic heterocycles. The topological polar surface area (TPSA) is 118 Å². The van der Waals surface area contributed by atoms with Gasteiger partial charge in [0.05, 0.1) is 23.7 Å². The summed E-state index contributed by atoms with van der Waals surface area (Å²) in [5.41, 5.74) is 8.20. The van der Waals surface area contributed by atoms with Gasteiger partial charge in [-0.05, 0) is 91.8 Å². The molecule has 11 heteroatoms. The molecule has 0 aliphatic rings. The number of hydrogen-bond donors (Lipinski definition) is 0. The van der Waals surface area contributed by atoms with Crippen molar-refractivity contribution < 1.29 is 13.9 Å². The molecule has 0 atom stereocenters. The number of benzene rings is 6. The second kappa shape index (κ2) is 18.2. The molecule has 0 spiro atoms. The molecule has 9 rings (SSSR count). The van der Waals surface area contributed by atoms with Crippen LogP contribution in [0.5, 0.6) is 0 Å². The van der Waals surface area contributed by atoms with Gasteiger partial charge in [-0.1, -0.05) is 147 Å². The number of aryl methyl sites for hydroxylation is 2. The van der Waals surface area contributed by atoms with Crippen LogP contribution in [-0.2, 0) is 29.7 Å². The van der Waals surface area contributed by atoms with Gasteiger partial charge >= 0.3 is 5.97 Å². The molecule has 0 saturated heterocycles. The van der Waals surface area contributed by atoms with Crippen LogP contribution in [0.4, 0.5) is 0 Å². The van der Waals surface area contributed by atoms with Crippen molar-refractivity contribution in [3.8, 4) is 22.7 Å². The van der Waals surface area contributed by atoms with E-state index in [1.54, 1.807) is 12.1 Å². The van der Waals surface area contributed by atoms with Gasteiger partial charge in [0.15, 0.2) is 5.82 Å². The Hall–Kier alpha value is -7.24. The molecule has 6 aromatic carbocycles. The molecule has 0 aliphatic carbocycles. The summed E-state index contributed by atoms with van der Waals surface area (Å²) >= 11 is 3.88. The fraction of sp³-hybridized carbons (Fsp3) is 0.170. The standard InChI is InChI=1S/C53H45BrN6O4/c1-4-5-21-47-55-35(2)44(32-36-22-25-40(26-23-36)52(62)63-3)51(61)59(47)34-37-24-31-46-45(33-37)48(54)49(64-46)38-27-29-39(30-28-38)50-56-57-58-60(50)53(41-15-9-6-10-16-41,42-17-11-7-12-18-42)43-19-13-8-14-20-43/h6-20,22-31,33H,4-5,21,32,34H2,1-3H3. The average molecular weight is 910 g/mol. The van der Waals surface area contributed by atoms with Gasteiger partial charge in [0.2, 0.25) is 0 Å². The first-order valence-electron chi connectivity index (χ1n) is 21.3. The number of rotatable bonds is 14. The Labute approximate surface area is 379 Å². The molecule has 0 radical (unpaired) electrons. The smallest absolute Gasteiger partial charge is 0.337 e. The zero-order valence-corrected chi connectivity index (χ0v) is 37.3. The van der Waals surface area contributed by atoms with Crippen LogP contribution in [0.15, 0.2) is 171 Å². The fourth-order valence-electron chi connectivity index (χ4n) is 8.58. The Kier molecular flexibility index (Phi) is 12.0. The molecular weight excluding hydrogens is 865 g/mol. The SMILES string of the molecule is CCCCc1nc(C)c(Cc2ccc(C(=O)OC)cc2)c(=O)n1Cc1ccc2oc(-c3ccc(-c4nnnn4C(c4ccccc4)(c4ccccc4)c4ccccc4)cc3)c(Br)c2c1. The second-order valence-electron chi connectivity index (χ2n) is 15.8. The van der Waals surface area contributed by atoms with Crippen molar-refractivity contribution in [1.82, 2.24) is 29.8 Å². The van der Waals surface area contributed by atoms with Crippen molar-refractivity contribution in [3.05, 3.63) is 223 Å². The average Bonchev–Trinajstić information content (AvgIpc) is 3.97. The number of carbonyl (C=O) groups excluding carboxylic acids is 1. The number of carbonyl (C=O) groups is 1. The van der Waals surface area contributed by atoms with Crippen LogP contribution >= 0.6 is 15.9 Å². The van der Waals surface area contributed by atoms with Crippen molar-refractivity contribution in [1.29, 1.82) is 0 Å². The van der Waals surface area contributed by atoms with Crippen molar-refractivity contribution >= 4 is 32.9 Å². The highest BCUT2D eigenvalue weighted by atomic mass is 79.9. The number of aromatic nitrogens is 6. The Morgan fingerprint density at radius 2 is 1.36 bits per heavy atom. The normalized spacial score (nSPS) is 11.6. The van der Waals surface area contributed by atoms with E-state index in [4.69, 9.17) is 19.4 Å². The van der Waals surface area contributed by atoms with E-state index in [1.165, 1.54) is 7.11 Å². The molecule has 0 amide bonds. The Bertz CT molecular complexity index is 3030. The highest BCUT2D eigenvalue weighted by molar-refractivity contribution is 9.10. The molecule has 3 heterocycles. The van der Waals surface area contributed by atoms with Crippen LogP contribution in [0.25, 0.3) is 33.7 Å². The minimum Gasteiger partial charge on any atom is -0.465 e. The Balaban J connectivity index is 1.05. The number of tetrazole rings is 1. The van der Waals surface area contributed by atoms with E-state index in [9.17, 15) is 9.59 Å². The summed E-state index contributed by atoms with van der Waals surface area (Å²) in [6.45, 7) is 4.38. The van der Waals surface area contributed by atoms with E-state index in [2.05, 4.69) is 75.6 Å². The van der Waals surface area contributed by atoms with E-state index in [1.807, 2.05) is 119 Å². The van der Waals surface area contributed by atoms with Crippen molar-refractivity contribution in [2.75, 3.05) is 7.11 Å². The van der Waals surface area contributed by atoms with Crippen LogP contribution < -0.4 is 5.56 Å². The van der Waals surface area contributed by atoms with Gasteiger partial charge in [-0.15, -0.1) is 5.10 Å². The van der Waals surface area contributed by atoms with Gasteiger partial charge in [-0.3, -0.25) is 9.36 Å². The first-order valence-corrected chi connectivity index (χ1v) is 22.1. The second-order valence-corrected chi connectivity index (χ2v) is 16.6. The number of hydrogen-bond acceptors (Lipinski definition) is 8. The maximum absolute atomic E-state index is 14.3. The van der Waals surface area contributed by atoms with Crippen LogP contribution in [0.1, 0.15) is 75.0 Å². The molecule has 0 unspecified atom stereocenters. The zero-order chi connectivity index (χ0) is 44.2. The molecule has 318 valence electrons. The quantitative estimate of drug-likeness (QED) is 0.0782. The highest BCUT2D eigenvalue weighted by Gasteiger charge is 2.41. The van der Waals surface area contributed by atoms with Crippen LogP contribution in [0.2, 0.25) is 0 Å². The molecule has 0 fully saturated rings. The monoisotopic (exact) mass is 908 g/mol. The lowest BCUT2D eigenvalue weighted by atomic mass is 9.77. The number of furan rings is 1. The Morgan fingerprint density at radius 3 is 1.95 bits per heavy atom. The maximum atomic E-state index is 14.3. The van der Waals surface area contributed by atoms with E-state index in [0.717, 1.165) is 67.5 Å². The summed E-state index contributed by atoms with van der Waals surface area (Å²) < 4.78 is 15.9. The van der Waals surface area contributed by atoms with Crippen LogP contribution in [0, 0.1) is 6.92 Å². The number of fused-ring (bicyclic) bond motifs is 1. The minimum absolute atomic E-state index is 0.0673. The maximum Gasteiger partial charge on any atom is 0.337 e. The third kappa shape index (κ3) is 7.88. The first-order chi connectivity index (χ1) is 31.3. The van der Waals surface area contributed by atoms with Crippen molar-refractivity contribution in [2.45, 2.75) is 51.6 Å². The largest absolute Gasteiger partial charge is 0.465 e. The van der Waals surface area contributed by atoms with Crippen LogP contribution in [0.3, 0.4) is 0 Å². The van der Waals surface area contributed by atoms with Gasteiger partial charge in [0, 0.05) is 40.6 Å². The predicted octanol–water partition coefficient (Wildman–Crippen LogP) is 11.0. The van der Waals surface area contributed by atoms with Crippen molar-refractivity contribution in [2.24, 2.45) is 0 Å². The van der Waals surface area contributed by atoms with E-state index in [-0.39, 0.29) is 5.56 Å². The summed E-state index contributed by atoms with van der Waals surface area (Å²) in [5.74, 6) is 1.65. The molecule has 0 aliphatic heterocycles. The number of methoxy groups -OCH3 is 1.